The number of carbonyl (C=O) groups is 1. The second kappa shape index (κ2) is 6.56. The van der Waals surface area contributed by atoms with Crippen molar-refractivity contribution in [3.8, 4) is 0 Å². The average Bonchev–Trinajstić information content (AvgIpc) is 2.54. The van der Waals surface area contributed by atoms with E-state index in [0.717, 1.165) is 36.6 Å². The second-order valence-electron chi connectivity index (χ2n) is 5.63. The Balaban J connectivity index is 1.89. The van der Waals surface area contributed by atoms with Crippen LogP contribution in [-0.2, 0) is 11.3 Å². The summed E-state index contributed by atoms with van der Waals surface area (Å²) in [5.74, 6) is 1.29. The molecule has 3 nitrogen and oxygen atoms in total. The number of aliphatic imine (C=N–C) groups is 1. The number of hydrogen-bond donors (Lipinski definition) is 0. The molecule has 3 heteroatoms. The van der Waals surface area contributed by atoms with Crippen LogP contribution in [0.5, 0.6) is 0 Å². The number of nitrogens with zero attached hydrogens (tertiary/aromatic N) is 2. The van der Waals surface area contributed by atoms with Crippen molar-refractivity contribution in [3.63, 3.8) is 0 Å². The van der Waals surface area contributed by atoms with E-state index >= 15 is 0 Å². The fourth-order valence-electron chi connectivity index (χ4n) is 2.75. The highest BCUT2D eigenvalue weighted by molar-refractivity contribution is 6.01. The monoisotopic (exact) mass is 292 g/mol. The van der Waals surface area contributed by atoms with E-state index in [1.807, 2.05) is 24.3 Å². The second-order valence-corrected chi connectivity index (χ2v) is 5.63. The van der Waals surface area contributed by atoms with Gasteiger partial charge in [-0.2, -0.15) is 0 Å². The Morgan fingerprint density at radius 1 is 1.09 bits per heavy atom. The van der Waals surface area contributed by atoms with Crippen molar-refractivity contribution < 1.29 is 4.79 Å². The molecule has 1 heterocycles. The highest BCUT2D eigenvalue weighted by atomic mass is 16.1. The zero-order valence-electron chi connectivity index (χ0n) is 12.8. The smallest absolute Gasteiger partial charge is 0.129 e. The fraction of sp³-hybridized carbons (Fsp3) is 0.263. The van der Waals surface area contributed by atoms with Crippen LogP contribution in [0.3, 0.4) is 0 Å². The van der Waals surface area contributed by atoms with Crippen LogP contribution >= 0.6 is 0 Å². The van der Waals surface area contributed by atoms with Crippen molar-refractivity contribution in [3.05, 3.63) is 60.2 Å². The minimum atomic E-state index is 0.239. The van der Waals surface area contributed by atoms with Crippen LogP contribution in [0.2, 0.25) is 0 Å². The van der Waals surface area contributed by atoms with Gasteiger partial charge in [-0.3, -0.25) is 0 Å². The molecule has 1 aliphatic heterocycles. The van der Waals surface area contributed by atoms with Gasteiger partial charge < -0.3 is 9.69 Å². The van der Waals surface area contributed by atoms with Crippen LogP contribution in [0, 0.1) is 0 Å². The van der Waals surface area contributed by atoms with E-state index in [1.165, 1.54) is 5.56 Å². The zero-order valence-corrected chi connectivity index (χ0v) is 12.8. The molecule has 0 amide bonds. The zero-order chi connectivity index (χ0) is 15.4. The maximum atomic E-state index is 11.2. The molecule has 2 aromatic carbocycles. The molecule has 0 saturated carbocycles. The Bertz CT molecular complexity index is 692. The molecule has 112 valence electrons. The third-order valence-corrected chi connectivity index (χ3v) is 3.88. The predicted molar refractivity (Wildman–Crippen MR) is 90.7 cm³/mol. The van der Waals surface area contributed by atoms with E-state index in [4.69, 9.17) is 4.99 Å². The predicted octanol–water partition coefficient (Wildman–Crippen LogP) is 4.50. The molecular weight excluding hydrogens is 272 g/mol. The van der Waals surface area contributed by atoms with E-state index in [9.17, 15) is 4.79 Å². The van der Waals surface area contributed by atoms with Crippen molar-refractivity contribution in [1.82, 2.24) is 0 Å². The van der Waals surface area contributed by atoms with Gasteiger partial charge in [-0.15, -0.1) is 0 Å². The number of fused-ring (bicyclic) bond motifs is 1. The molecule has 0 aliphatic carbocycles. The van der Waals surface area contributed by atoms with Crippen LogP contribution in [0.4, 0.5) is 11.4 Å². The highest BCUT2D eigenvalue weighted by Crippen LogP contribution is 2.30. The molecule has 0 spiro atoms. The van der Waals surface area contributed by atoms with Crippen LogP contribution in [-0.4, -0.2) is 11.6 Å². The summed E-state index contributed by atoms with van der Waals surface area (Å²) in [4.78, 5) is 18.3. The molecule has 0 radical (unpaired) electrons. The number of hydrogen-bond acceptors (Lipinski definition) is 3. The minimum Gasteiger partial charge on any atom is -0.325 e. The van der Waals surface area contributed by atoms with Gasteiger partial charge in [0.25, 0.3) is 0 Å². The van der Waals surface area contributed by atoms with Gasteiger partial charge in [-0.05, 0) is 37.1 Å². The molecule has 22 heavy (non-hydrogen) atoms. The standard InChI is InChI=1S/C19H20N2O/c1-15(22)8-7-13-19-20-18-12-6-5-9-16(18)14-21(19)17-10-3-2-4-11-17/h2-6,9-12H,7-8,13-14H2,1H3. The Kier molecular flexibility index (Phi) is 4.33. The summed E-state index contributed by atoms with van der Waals surface area (Å²) in [5.41, 5.74) is 3.44. The number of Topliss-reactive ketones (excluding diaryl/α,β-unsaturated/α-hetero) is 1. The first-order valence-electron chi connectivity index (χ1n) is 7.71. The molecule has 0 unspecified atom stereocenters. The molecule has 0 atom stereocenters. The SMILES string of the molecule is CC(=O)CCCC1=Nc2ccccc2CN1c1ccccc1. The van der Waals surface area contributed by atoms with Crippen molar-refractivity contribution in [2.45, 2.75) is 32.7 Å². The Morgan fingerprint density at radius 3 is 2.59 bits per heavy atom. The topological polar surface area (TPSA) is 32.7 Å². The molecule has 0 saturated heterocycles. The van der Waals surface area contributed by atoms with Crippen LogP contribution in [0.25, 0.3) is 0 Å². The minimum absolute atomic E-state index is 0.239. The normalized spacial score (nSPS) is 13.5. The third-order valence-electron chi connectivity index (χ3n) is 3.88. The van der Waals surface area contributed by atoms with Gasteiger partial charge >= 0.3 is 0 Å². The van der Waals surface area contributed by atoms with E-state index in [2.05, 4.69) is 35.2 Å². The number of anilines is 1. The summed E-state index contributed by atoms with van der Waals surface area (Å²) in [6.45, 7) is 2.48. The van der Waals surface area contributed by atoms with E-state index < -0.39 is 0 Å². The van der Waals surface area contributed by atoms with Crippen molar-refractivity contribution >= 4 is 23.0 Å². The Hall–Kier alpha value is -2.42. The van der Waals surface area contributed by atoms with Crippen molar-refractivity contribution in [2.75, 3.05) is 4.90 Å². The van der Waals surface area contributed by atoms with E-state index in [0.29, 0.717) is 6.42 Å². The average molecular weight is 292 g/mol. The lowest BCUT2D eigenvalue weighted by Gasteiger charge is -2.30. The summed E-state index contributed by atoms with van der Waals surface area (Å²) in [6.07, 6.45) is 2.28. The van der Waals surface area contributed by atoms with Crippen molar-refractivity contribution in [1.29, 1.82) is 0 Å². The van der Waals surface area contributed by atoms with Gasteiger partial charge in [-0.1, -0.05) is 36.4 Å². The molecule has 2 aromatic rings. The molecule has 1 aliphatic rings. The largest absolute Gasteiger partial charge is 0.325 e. The molecular formula is C19H20N2O. The maximum Gasteiger partial charge on any atom is 0.129 e. The maximum absolute atomic E-state index is 11.2. The van der Waals surface area contributed by atoms with E-state index in [-0.39, 0.29) is 5.78 Å². The molecule has 0 N–H and O–H groups in total. The molecule has 0 fully saturated rings. The summed E-state index contributed by atoms with van der Waals surface area (Å²) in [6, 6.07) is 18.6. The van der Waals surface area contributed by atoms with Crippen LogP contribution < -0.4 is 4.90 Å². The highest BCUT2D eigenvalue weighted by Gasteiger charge is 2.20. The van der Waals surface area contributed by atoms with Gasteiger partial charge in [0.2, 0.25) is 0 Å². The number of amidine groups is 1. The first-order chi connectivity index (χ1) is 10.7. The van der Waals surface area contributed by atoms with Gasteiger partial charge in [0, 0.05) is 18.5 Å². The third kappa shape index (κ3) is 3.25. The van der Waals surface area contributed by atoms with Crippen LogP contribution in [0.1, 0.15) is 31.7 Å². The summed E-state index contributed by atoms with van der Waals surface area (Å²) >= 11 is 0. The van der Waals surface area contributed by atoms with E-state index in [1.54, 1.807) is 6.92 Å². The first-order valence-corrected chi connectivity index (χ1v) is 7.71. The lowest BCUT2D eigenvalue weighted by atomic mass is 10.1. The molecule has 0 aromatic heterocycles. The molecule has 0 bridgehead atoms. The lowest BCUT2D eigenvalue weighted by molar-refractivity contribution is -0.117. The number of para-hydroxylation sites is 2. The van der Waals surface area contributed by atoms with Gasteiger partial charge in [0.05, 0.1) is 12.2 Å². The number of rotatable bonds is 5. The summed E-state index contributed by atoms with van der Waals surface area (Å²) in [5, 5.41) is 0. The van der Waals surface area contributed by atoms with Crippen LogP contribution in [0.15, 0.2) is 59.6 Å². The quantitative estimate of drug-likeness (QED) is 0.813. The Morgan fingerprint density at radius 2 is 1.82 bits per heavy atom. The van der Waals surface area contributed by atoms with Gasteiger partial charge in [-0.25, -0.2) is 4.99 Å². The summed E-state index contributed by atoms with van der Waals surface area (Å²) in [7, 11) is 0. The first kappa shape index (κ1) is 14.5. The fourth-order valence-corrected chi connectivity index (χ4v) is 2.75. The summed E-state index contributed by atoms with van der Waals surface area (Å²) < 4.78 is 0. The number of carbonyl (C=O) groups excluding carboxylic acids is 1. The van der Waals surface area contributed by atoms with Crippen molar-refractivity contribution in [2.24, 2.45) is 4.99 Å². The number of ketones is 1. The molecule has 3 rings (SSSR count). The number of benzene rings is 2. The van der Waals surface area contributed by atoms with Gasteiger partial charge in [0.15, 0.2) is 0 Å². The Labute approximate surface area is 131 Å². The van der Waals surface area contributed by atoms with Gasteiger partial charge in [0.1, 0.15) is 11.6 Å². The lowest BCUT2D eigenvalue weighted by Crippen LogP contribution is -2.32.